The Morgan fingerprint density at radius 2 is 1.87 bits per heavy atom. The Morgan fingerprint density at radius 3 is 2.50 bits per heavy atom. The summed E-state index contributed by atoms with van der Waals surface area (Å²) >= 11 is 0. The molecule has 0 spiro atoms. The number of aromatic nitrogens is 2. The lowest BCUT2D eigenvalue weighted by molar-refractivity contribution is -0.145. The van der Waals surface area contributed by atoms with Crippen molar-refractivity contribution in [2.45, 2.75) is 30.8 Å². The van der Waals surface area contributed by atoms with E-state index in [0.717, 1.165) is 4.31 Å². The second-order valence-electron chi connectivity index (χ2n) is 6.26. The van der Waals surface area contributed by atoms with Gasteiger partial charge in [0.25, 0.3) is 5.91 Å². The summed E-state index contributed by atoms with van der Waals surface area (Å²) in [6, 6.07) is 4.20. The number of fused-ring (bicyclic) bond motifs is 1. The predicted molar refractivity (Wildman–Crippen MR) is 101 cm³/mol. The van der Waals surface area contributed by atoms with Gasteiger partial charge < -0.3 is 9.47 Å². The molecule has 0 saturated carbocycles. The average molecular weight is 436 g/mol. The van der Waals surface area contributed by atoms with Crippen molar-refractivity contribution >= 4 is 21.9 Å². The van der Waals surface area contributed by atoms with Crippen LogP contribution in [0.5, 0.6) is 5.75 Å². The van der Waals surface area contributed by atoms with Gasteiger partial charge in [-0.2, -0.15) is 4.31 Å². The molecule has 0 unspecified atom stereocenters. The molecule has 0 saturated heterocycles. The maximum atomic E-state index is 13.2. The standard InChI is InChI=1S/C18H20N4O7S/c1-2-28-17(23)11-29-12-3-5-13(6-4-12)30(26,27)22-10-15-14(19-7-8-20-15)9-16(22)18(24)21-25/h3-8,16,25H,2,9-11H2,1H3,(H,21,24)/t16-/m1/s1. The number of ether oxygens (including phenoxy) is 2. The summed E-state index contributed by atoms with van der Waals surface area (Å²) in [4.78, 5) is 31.7. The Morgan fingerprint density at radius 1 is 1.20 bits per heavy atom. The van der Waals surface area contributed by atoms with Crippen molar-refractivity contribution in [3.05, 3.63) is 48.0 Å². The fourth-order valence-electron chi connectivity index (χ4n) is 2.98. The third-order valence-corrected chi connectivity index (χ3v) is 6.27. The molecule has 12 heteroatoms. The summed E-state index contributed by atoms with van der Waals surface area (Å²) in [5.41, 5.74) is 2.42. The maximum Gasteiger partial charge on any atom is 0.344 e. The number of carbonyl (C=O) groups excluding carboxylic acids is 2. The minimum atomic E-state index is -4.12. The van der Waals surface area contributed by atoms with Gasteiger partial charge in [-0.1, -0.05) is 0 Å². The summed E-state index contributed by atoms with van der Waals surface area (Å²) in [5.74, 6) is -1.13. The number of sulfonamides is 1. The number of nitrogens with zero attached hydrogens (tertiary/aromatic N) is 3. The van der Waals surface area contributed by atoms with Crippen LogP contribution in [0.1, 0.15) is 18.3 Å². The van der Waals surface area contributed by atoms with Crippen molar-refractivity contribution in [1.82, 2.24) is 19.8 Å². The molecule has 160 valence electrons. The molecule has 1 amide bonds. The van der Waals surface area contributed by atoms with Gasteiger partial charge in [-0.3, -0.25) is 20.0 Å². The van der Waals surface area contributed by atoms with Gasteiger partial charge in [0.1, 0.15) is 11.8 Å². The van der Waals surface area contributed by atoms with Crippen LogP contribution < -0.4 is 10.2 Å². The van der Waals surface area contributed by atoms with Gasteiger partial charge in [0.2, 0.25) is 10.0 Å². The Labute approximate surface area is 172 Å². The first-order valence-corrected chi connectivity index (χ1v) is 10.4. The van der Waals surface area contributed by atoms with Crippen LogP contribution in [0.4, 0.5) is 0 Å². The lowest BCUT2D eigenvalue weighted by atomic mass is 10.0. The highest BCUT2D eigenvalue weighted by Crippen LogP contribution is 2.28. The first-order chi connectivity index (χ1) is 14.4. The van der Waals surface area contributed by atoms with Crippen molar-refractivity contribution in [3.63, 3.8) is 0 Å². The fraction of sp³-hybridized carbons (Fsp3) is 0.333. The van der Waals surface area contributed by atoms with E-state index in [1.807, 2.05) is 0 Å². The Balaban J connectivity index is 1.84. The quantitative estimate of drug-likeness (QED) is 0.349. The molecule has 11 nitrogen and oxygen atoms in total. The first kappa shape index (κ1) is 21.6. The molecule has 0 fully saturated rings. The number of hydrogen-bond acceptors (Lipinski definition) is 9. The third kappa shape index (κ3) is 4.56. The number of amides is 1. The van der Waals surface area contributed by atoms with Crippen molar-refractivity contribution < 1.29 is 32.7 Å². The van der Waals surface area contributed by atoms with Crippen LogP contribution in [-0.4, -0.2) is 59.0 Å². The summed E-state index contributed by atoms with van der Waals surface area (Å²) in [5, 5.41) is 9.06. The minimum Gasteiger partial charge on any atom is -0.482 e. The summed E-state index contributed by atoms with van der Waals surface area (Å²) < 4.78 is 37.4. The van der Waals surface area contributed by atoms with E-state index in [9.17, 15) is 18.0 Å². The molecule has 0 aliphatic carbocycles. The molecule has 2 heterocycles. The highest BCUT2D eigenvalue weighted by atomic mass is 32.2. The van der Waals surface area contributed by atoms with Gasteiger partial charge in [0.05, 0.1) is 29.4 Å². The monoisotopic (exact) mass is 436 g/mol. The van der Waals surface area contributed by atoms with E-state index in [-0.39, 0.29) is 36.8 Å². The Hall–Kier alpha value is -3.09. The maximum absolute atomic E-state index is 13.2. The van der Waals surface area contributed by atoms with Crippen LogP contribution in [0.15, 0.2) is 41.6 Å². The largest absolute Gasteiger partial charge is 0.482 e. The van der Waals surface area contributed by atoms with Gasteiger partial charge in [0, 0.05) is 18.8 Å². The summed E-state index contributed by atoms with van der Waals surface area (Å²) in [6.45, 7) is 1.42. The molecular weight excluding hydrogens is 416 g/mol. The van der Waals surface area contributed by atoms with Gasteiger partial charge in [0.15, 0.2) is 6.61 Å². The molecule has 0 bridgehead atoms. The highest BCUT2D eigenvalue weighted by molar-refractivity contribution is 7.89. The first-order valence-electron chi connectivity index (χ1n) is 8.99. The zero-order valence-corrected chi connectivity index (χ0v) is 16.8. The van der Waals surface area contributed by atoms with Crippen LogP contribution in [0.25, 0.3) is 0 Å². The van der Waals surface area contributed by atoms with Crippen LogP contribution in [0.2, 0.25) is 0 Å². The molecule has 1 aromatic carbocycles. The molecule has 1 aliphatic rings. The summed E-state index contributed by atoms with van der Waals surface area (Å²) in [6.07, 6.45) is 2.85. The van der Waals surface area contributed by atoms with Gasteiger partial charge >= 0.3 is 5.97 Å². The van der Waals surface area contributed by atoms with E-state index in [2.05, 4.69) is 9.97 Å². The van der Waals surface area contributed by atoms with Crippen molar-refractivity contribution in [2.24, 2.45) is 0 Å². The van der Waals surface area contributed by atoms with E-state index >= 15 is 0 Å². The lowest BCUT2D eigenvalue weighted by Crippen LogP contribution is -2.52. The third-order valence-electron chi connectivity index (χ3n) is 4.41. The van der Waals surface area contributed by atoms with Crippen LogP contribution >= 0.6 is 0 Å². The molecule has 2 aromatic rings. The SMILES string of the molecule is CCOC(=O)COc1ccc(S(=O)(=O)N2Cc3nccnc3C[C@@H]2C(=O)NO)cc1. The fourth-order valence-corrected chi connectivity index (χ4v) is 4.53. The second-order valence-corrected chi connectivity index (χ2v) is 8.15. The Bertz CT molecular complexity index is 1030. The molecule has 30 heavy (non-hydrogen) atoms. The van der Waals surface area contributed by atoms with Crippen molar-refractivity contribution in [2.75, 3.05) is 13.2 Å². The van der Waals surface area contributed by atoms with E-state index in [1.165, 1.54) is 42.1 Å². The lowest BCUT2D eigenvalue weighted by Gasteiger charge is -2.33. The highest BCUT2D eigenvalue weighted by Gasteiger charge is 2.40. The van der Waals surface area contributed by atoms with Crippen LogP contribution in [0, 0.1) is 0 Å². The zero-order chi connectivity index (χ0) is 21.7. The minimum absolute atomic E-state index is 0.0322. The Kier molecular flexibility index (Phi) is 6.59. The number of hydroxylamine groups is 1. The average Bonchev–Trinajstić information content (AvgIpc) is 2.76. The molecule has 2 N–H and O–H groups in total. The zero-order valence-electron chi connectivity index (χ0n) is 16.0. The topological polar surface area (TPSA) is 148 Å². The van der Waals surface area contributed by atoms with Crippen LogP contribution in [0.3, 0.4) is 0 Å². The van der Waals surface area contributed by atoms with Crippen molar-refractivity contribution in [1.29, 1.82) is 0 Å². The van der Waals surface area contributed by atoms with Gasteiger partial charge in [-0.25, -0.2) is 18.7 Å². The van der Waals surface area contributed by atoms with E-state index < -0.39 is 27.9 Å². The molecule has 3 rings (SSSR count). The van der Waals surface area contributed by atoms with E-state index in [4.69, 9.17) is 14.7 Å². The van der Waals surface area contributed by atoms with E-state index in [0.29, 0.717) is 11.4 Å². The molecule has 0 radical (unpaired) electrons. The molecule has 1 atom stereocenters. The molecule has 1 aliphatic heterocycles. The summed E-state index contributed by atoms with van der Waals surface area (Å²) in [7, 11) is -4.12. The smallest absolute Gasteiger partial charge is 0.344 e. The number of esters is 1. The van der Waals surface area contributed by atoms with Gasteiger partial charge in [-0.15, -0.1) is 0 Å². The number of nitrogens with one attached hydrogen (secondary N) is 1. The predicted octanol–water partition coefficient (Wildman–Crippen LogP) is 0.0395. The molecule has 1 aromatic heterocycles. The normalized spacial score (nSPS) is 16.4. The second kappa shape index (κ2) is 9.15. The molecular formula is C18H20N4O7S. The van der Waals surface area contributed by atoms with Crippen LogP contribution in [-0.2, 0) is 37.3 Å². The van der Waals surface area contributed by atoms with Gasteiger partial charge in [-0.05, 0) is 31.2 Å². The van der Waals surface area contributed by atoms with Crippen molar-refractivity contribution in [3.8, 4) is 5.75 Å². The number of hydrogen-bond donors (Lipinski definition) is 2. The van der Waals surface area contributed by atoms with E-state index in [1.54, 1.807) is 6.92 Å². The number of carbonyl (C=O) groups is 2. The number of benzene rings is 1. The number of rotatable bonds is 7.